The van der Waals surface area contributed by atoms with Crippen molar-refractivity contribution < 1.29 is 0 Å². The fraction of sp³-hybridized carbons (Fsp3) is 0.462. The molecule has 2 heterocycles. The molecule has 2 atom stereocenters. The van der Waals surface area contributed by atoms with Crippen LogP contribution >= 0.6 is 27.5 Å². The van der Waals surface area contributed by atoms with Crippen molar-refractivity contribution in [1.82, 2.24) is 10.3 Å². The molecule has 2 aliphatic rings. The largest absolute Gasteiger partial charge is 0.316 e. The van der Waals surface area contributed by atoms with E-state index in [0.717, 1.165) is 23.6 Å². The molecule has 1 aliphatic heterocycles. The molecule has 0 saturated carbocycles. The normalized spacial score (nSPS) is 27.8. The standard InChI is InChI=1S/C13H14BrClN2/c14-13-12(15)4-9(6-17-13)10-3-1-2-8-5-16-7-11(8)10/h3-4,6,8,11,16H,1-2,5,7H2. The van der Waals surface area contributed by atoms with E-state index in [-0.39, 0.29) is 0 Å². The van der Waals surface area contributed by atoms with E-state index in [1.54, 1.807) is 0 Å². The Hall–Kier alpha value is -0.380. The molecule has 1 aromatic heterocycles. The number of nitrogens with zero attached hydrogens (tertiary/aromatic N) is 1. The van der Waals surface area contributed by atoms with Crippen molar-refractivity contribution in [3.05, 3.63) is 33.5 Å². The fourth-order valence-electron chi connectivity index (χ4n) is 2.92. The van der Waals surface area contributed by atoms with Gasteiger partial charge in [0.2, 0.25) is 0 Å². The molecule has 1 fully saturated rings. The van der Waals surface area contributed by atoms with Gasteiger partial charge >= 0.3 is 0 Å². The third-order valence-electron chi connectivity index (χ3n) is 3.77. The molecule has 1 aliphatic carbocycles. The first-order chi connectivity index (χ1) is 8.25. The number of pyridine rings is 1. The Morgan fingerprint density at radius 2 is 2.29 bits per heavy atom. The molecule has 0 radical (unpaired) electrons. The average Bonchev–Trinajstić information content (AvgIpc) is 2.80. The molecule has 1 saturated heterocycles. The van der Waals surface area contributed by atoms with Gasteiger partial charge in [-0.2, -0.15) is 0 Å². The molecule has 0 amide bonds. The lowest BCUT2D eigenvalue weighted by molar-refractivity contribution is 0.454. The first-order valence-electron chi connectivity index (χ1n) is 5.98. The summed E-state index contributed by atoms with van der Waals surface area (Å²) in [5.74, 6) is 1.43. The van der Waals surface area contributed by atoms with Gasteiger partial charge < -0.3 is 5.32 Å². The van der Waals surface area contributed by atoms with Crippen LogP contribution in [-0.2, 0) is 0 Å². The zero-order valence-electron chi connectivity index (χ0n) is 9.42. The summed E-state index contributed by atoms with van der Waals surface area (Å²) in [6, 6.07) is 2.02. The minimum Gasteiger partial charge on any atom is -0.316 e. The monoisotopic (exact) mass is 312 g/mol. The Morgan fingerprint density at radius 1 is 1.41 bits per heavy atom. The zero-order chi connectivity index (χ0) is 11.8. The van der Waals surface area contributed by atoms with Crippen LogP contribution in [0.4, 0.5) is 0 Å². The molecule has 0 spiro atoms. The van der Waals surface area contributed by atoms with Crippen LogP contribution in [0, 0.1) is 11.8 Å². The quantitative estimate of drug-likeness (QED) is 0.803. The Bertz CT molecular complexity index is 472. The molecule has 0 bridgehead atoms. The lowest BCUT2D eigenvalue weighted by atomic mass is 9.78. The number of nitrogens with one attached hydrogen (secondary N) is 1. The highest BCUT2D eigenvalue weighted by Crippen LogP contribution is 2.39. The highest BCUT2D eigenvalue weighted by Gasteiger charge is 2.32. The second kappa shape index (κ2) is 4.71. The zero-order valence-corrected chi connectivity index (χ0v) is 11.8. The van der Waals surface area contributed by atoms with Gasteiger partial charge in [-0.3, -0.25) is 0 Å². The van der Waals surface area contributed by atoms with Gasteiger partial charge in [-0.15, -0.1) is 0 Å². The van der Waals surface area contributed by atoms with Crippen molar-refractivity contribution in [2.45, 2.75) is 12.8 Å². The van der Waals surface area contributed by atoms with Gasteiger partial charge in [0.05, 0.1) is 5.02 Å². The highest BCUT2D eigenvalue weighted by molar-refractivity contribution is 9.10. The van der Waals surface area contributed by atoms with E-state index < -0.39 is 0 Å². The predicted molar refractivity (Wildman–Crippen MR) is 74.0 cm³/mol. The summed E-state index contributed by atoms with van der Waals surface area (Å²) in [6.07, 6.45) is 6.75. The maximum absolute atomic E-state index is 6.12. The molecule has 1 aromatic rings. The fourth-order valence-corrected chi connectivity index (χ4v) is 3.30. The van der Waals surface area contributed by atoms with Crippen molar-refractivity contribution in [1.29, 1.82) is 0 Å². The van der Waals surface area contributed by atoms with E-state index in [4.69, 9.17) is 11.6 Å². The average molecular weight is 314 g/mol. The van der Waals surface area contributed by atoms with Crippen LogP contribution in [0.5, 0.6) is 0 Å². The van der Waals surface area contributed by atoms with Crippen LogP contribution in [0.3, 0.4) is 0 Å². The lowest BCUT2D eigenvalue weighted by Gasteiger charge is -2.26. The first-order valence-corrected chi connectivity index (χ1v) is 7.15. The van der Waals surface area contributed by atoms with Gasteiger partial charge in [0.15, 0.2) is 0 Å². The SMILES string of the molecule is Clc1cc(C2=CCCC3CNCC23)cnc1Br. The third-order valence-corrected chi connectivity index (χ3v) is 4.92. The van der Waals surface area contributed by atoms with Crippen LogP contribution in [-0.4, -0.2) is 18.1 Å². The van der Waals surface area contributed by atoms with Gasteiger partial charge in [0.1, 0.15) is 4.60 Å². The van der Waals surface area contributed by atoms with Crippen molar-refractivity contribution in [2.24, 2.45) is 11.8 Å². The van der Waals surface area contributed by atoms with E-state index in [1.807, 2.05) is 12.3 Å². The smallest absolute Gasteiger partial charge is 0.124 e. The van der Waals surface area contributed by atoms with E-state index in [0.29, 0.717) is 10.9 Å². The number of fused-ring (bicyclic) bond motifs is 1. The third kappa shape index (κ3) is 2.16. The summed E-state index contributed by atoms with van der Waals surface area (Å²) >= 11 is 9.46. The number of allylic oxidation sites excluding steroid dienone is 1. The molecule has 0 aromatic carbocycles. The number of hydrogen-bond donors (Lipinski definition) is 1. The van der Waals surface area contributed by atoms with Crippen LogP contribution in [0.25, 0.3) is 5.57 Å². The van der Waals surface area contributed by atoms with Crippen molar-refractivity contribution in [2.75, 3.05) is 13.1 Å². The molecule has 90 valence electrons. The Labute approximate surface area is 115 Å². The minimum absolute atomic E-state index is 0.641. The van der Waals surface area contributed by atoms with Crippen LogP contribution in [0.1, 0.15) is 18.4 Å². The molecule has 3 rings (SSSR count). The van der Waals surface area contributed by atoms with Gasteiger partial charge in [-0.25, -0.2) is 4.98 Å². The van der Waals surface area contributed by atoms with Crippen LogP contribution in [0.2, 0.25) is 5.02 Å². The lowest BCUT2D eigenvalue weighted by Crippen LogP contribution is -2.17. The minimum atomic E-state index is 0.641. The number of rotatable bonds is 1. The van der Waals surface area contributed by atoms with Gasteiger partial charge in [-0.05, 0) is 58.4 Å². The maximum atomic E-state index is 6.12. The number of hydrogen-bond acceptors (Lipinski definition) is 2. The summed E-state index contributed by atoms with van der Waals surface area (Å²) in [5, 5.41) is 4.18. The number of aromatic nitrogens is 1. The van der Waals surface area contributed by atoms with E-state index in [9.17, 15) is 0 Å². The molecule has 4 heteroatoms. The summed E-state index contributed by atoms with van der Waals surface area (Å²) < 4.78 is 0.723. The van der Waals surface area contributed by atoms with Gasteiger partial charge in [0.25, 0.3) is 0 Å². The predicted octanol–water partition coefficient (Wildman–Crippen LogP) is 3.51. The summed E-state index contributed by atoms with van der Waals surface area (Å²) in [5.41, 5.74) is 2.60. The Balaban J connectivity index is 1.97. The molecule has 17 heavy (non-hydrogen) atoms. The summed E-state index contributed by atoms with van der Waals surface area (Å²) in [4.78, 5) is 4.29. The van der Waals surface area contributed by atoms with Gasteiger partial charge in [-0.1, -0.05) is 17.7 Å². The number of halogens is 2. The topological polar surface area (TPSA) is 24.9 Å². The molecular weight excluding hydrogens is 300 g/mol. The highest BCUT2D eigenvalue weighted by atomic mass is 79.9. The summed E-state index contributed by atoms with van der Waals surface area (Å²) in [7, 11) is 0. The van der Waals surface area contributed by atoms with E-state index in [2.05, 4.69) is 32.3 Å². The van der Waals surface area contributed by atoms with Crippen LogP contribution < -0.4 is 5.32 Å². The van der Waals surface area contributed by atoms with Crippen molar-refractivity contribution in [3.8, 4) is 0 Å². The van der Waals surface area contributed by atoms with Crippen molar-refractivity contribution in [3.63, 3.8) is 0 Å². The molecule has 2 unspecified atom stereocenters. The molecule has 1 N–H and O–H groups in total. The molecular formula is C13H14BrClN2. The van der Waals surface area contributed by atoms with E-state index >= 15 is 0 Å². The molecule has 2 nitrogen and oxygen atoms in total. The maximum Gasteiger partial charge on any atom is 0.124 e. The van der Waals surface area contributed by atoms with Crippen molar-refractivity contribution >= 4 is 33.1 Å². The first kappa shape index (κ1) is 11.7. The second-order valence-electron chi connectivity index (χ2n) is 4.76. The second-order valence-corrected chi connectivity index (χ2v) is 5.92. The Morgan fingerprint density at radius 3 is 3.12 bits per heavy atom. The van der Waals surface area contributed by atoms with Crippen LogP contribution in [0.15, 0.2) is 22.9 Å². The van der Waals surface area contributed by atoms with E-state index in [1.165, 1.54) is 24.0 Å². The van der Waals surface area contributed by atoms with Gasteiger partial charge in [0, 0.05) is 18.7 Å². The Kier molecular flexibility index (Phi) is 3.24. The summed E-state index contributed by atoms with van der Waals surface area (Å²) in [6.45, 7) is 2.24.